The van der Waals surface area contributed by atoms with Gasteiger partial charge < -0.3 is 14.6 Å². The summed E-state index contributed by atoms with van der Waals surface area (Å²) in [6.07, 6.45) is 5.81. The van der Waals surface area contributed by atoms with Gasteiger partial charge in [0.05, 0.1) is 23.2 Å². The van der Waals surface area contributed by atoms with Gasteiger partial charge in [-0.1, -0.05) is 24.6 Å². The number of ether oxygens (including phenoxy) is 1. The average molecular weight is 429 g/mol. The average Bonchev–Trinajstić information content (AvgIpc) is 3.22. The number of aromatic nitrogens is 3. The molecule has 2 aromatic heterocycles. The van der Waals surface area contributed by atoms with Crippen molar-refractivity contribution >= 4 is 21.8 Å². The maximum absolute atomic E-state index is 13.3. The number of hydrogen-bond donors (Lipinski definition) is 1. The van der Waals surface area contributed by atoms with Gasteiger partial charge in [-0.2, -0.15) is 0 Å². The molecule has 1 saturated heterocycles. The van der Waals surface area contributed by atoms with Gasteiger partial charge in [-0.25, -0.2) is 4.98 Å². The van der Waals surface area contributed by atoms with Crippen molar-refractivity contribution in [3.8, 4) is 17.3 Å². The molecule has 6 nitrogen and oxygen atoms in total. The summed E-state index contributed by atoms with van der Waals surface area (Å²) in [5.41, 5.74) is 4.03. The van der Waals surface area contributed by atoms with Crippen LogP contribution < -0.4 is 10.3 Å². The van der Waals surface area contributed by atoms with Crippen LogP contribution in [-0.4, -0.2) is 45.7 Å². The van der Waals surface area contributed by atoms with Crippen molar-refractivity contribution in [3.63, 3.8) is 0 Å². The molecule has 2 aromatic carbocycles. The van der Waals surface area contributed by atoms with Crippen LogP contribution in [0.5, 0.6) is 5.75 Å². The predicted molar refractivity (Wildman–Crippen MR) is 127 cm³/mol. The molecule has 4 heterocycles. The Morgan fingerprint density at radius 3 is 2.78 bits per heavy atom. The number of benzene rings is 2. The first-order valence-electron chi connectivity index (χ1n) is 11.8. The fraction of sp³-hybridized carbons (Fsp3) is 0.385. The van der Waals surface area contributed by atoms with Crippen molar-refractivity contribution in [2.75, 3.05) is 26.2 Å². The quantitative estimate of drug-likeness (QED) is 0.480. The minimum Gasteiger partial charge on any atom is -0.494 e. The lowest BCUT2D eigenvalue weighted by Gasteiger charge is -2.26. The van der Waals surface area contributed by atoms with Crippen molar-refractivity contribution in [2.24, 2.45) is 0 Å². The highest BCUT2D eigenvalue weighted by Crippen LogP contribution is 2.33. The van der Waals surface area contributed by atoms with Crippen LogP contribution in [0.1, 0.15) is 31.2 Å². The third-order valence-electron chi connectivity index (χ3n) is 6.88. The molecule has 4 aromatic rings. The number of likely N-dealkylation sites (tertiary alicyclic amines) is 1. The van der Waals surface area contributed by atoms with E-state index in [-0.39, 0.29) is 5.56 Å². The zero-order valence-electron chi connectivity index (χ0n) is 18.3. The van der Waals surface area contributed by atoms with Gasteiger partial charge in [-0.3, -0.25) is 9.36 Å². The molecular formula is C26H28N4O2. The zero-order chi connectivity index (χ0) is 21.5. The molecule has 1 N–H and O–H groups in total. The molecule has 0 bridgehead atoms. The summed E-state index contributed by atoms with van der Waals surface area (Å²) < 4.78 is 7.80. The van der Waals surface area contributed by atoms with Crippen molar-refractivity contribution in [1.29, 1.82) is 0 Å². The Kier molecular flexibility index (Phi) is 4.95. The van der Waals surface area contributed by atoms with E-state index in [4.69, 9.17) is 9.72 Å². The van der Waals surface area contributed by atoms with Gasteiger partial charge in [-0.15, -0.1) is 0 Å². The second kappa shape index (κ2) is 8.10. The summed E-state index contributed by atoms with van der Waals surface area (Å²) in [6, 6.07) is 14.0. The largest absolute Gasteiger partial charge is 0.494 e. The molecule has 0 amide bonds. The van der Waals surface area contributed by atoms with Crippen molar-refractivity contribution in [3.05, 3.63) is 58.4 Å². The fourth-order valence-corrected chi connectivity index (χ4v) is 5.22. The van der Waals surface area contributed by atoms with Crippen molar-refractivity contribution in [1.82, 2.24) is 19.4 Å². The Morgan fingerprint density at radius 1 is 1.00 bits per heavy atom. The molecule has 0 atom stereocenters. The Morgan fingerprint density at radius 2 is 1.88 bits per heavy atom. The topological polar surface area (TPSA) is 63.1 Å². The van der Waals surface area contributed by atoms with E-state index in [1.54, 1.807) is 4.57 Å². The number of para-hydroxylation sites is 1. The SMILES string of the molecule is O=c1c2cc(OCCCN3CCCCC3)ccc2nc2n1CCc1c-2[nH]c2ccccc12. The van der Waals surface area contributed by atoms with Crippen LogP contribution in [0.15, 0.2) is 47.3 Å². The lowest BCUT2D eigenvalue weighted by molar-refractivity contribution is 0.205. The van der Waals surface area contributed by atoms with Gasteiger partial charge in [0.2, 0.25) is 0 Å². The molecule has 0 spiro atoms. The molecule has 164 valence electrons. The standard InChI is InChI=1S/C26H28N4O2/c31-26-21-17-18(32-16-6-14-29-12-4-1-5-13-29)9-10-23(21)28-25-24-20(11-15-30(25)26)19-7-2-3-8-22(19)27-24/h2-3,7-10,17,27H,1,4-6,11-16H2. The lowest BCUT2D eigenvalue weighted by Crippen LogP contribution is -2.31. The van der Waals surface area contributed by atoms with Gasteiger partial charge >= 0.3 is 0 Å². The molecule has 32 heavy (non-hydrogen) atoms. The van der Waals surface area contributed by atoms with Crippen LogP contribution in [0.2, 0.25) is 0 Å². The fourth-order valence-electron chi connectivity index (χ4n) is 5.22. The van der Waals surface area contributed by atoms with Crippen molar-refractivity contribution < 1.29 is 4.74 Å². The first-order valence-corrected chi connectivity index (χ1v) is 11.8. The number of nitrogens with zero attached hydrogens (tertiary/aromatic N) is 3. The number of piperidine rings is 1. The normalized spacial score (nSPS) is 16.2. The number of aromatic amines is 1. The molecular weight excluding hydrogens is 400 g/mol. The maximum Gasteiger partial charge on any atom is 0.261 e. The Bertz CT molecular complexity index is 1350. The number of aryl methyl sites for hydroxylation is 1. The molecule has 6 rings (SSSR count). The molecule has 1 fully saturated rings. The lowest BCUT2D eigenvalue weighted by atomic mass is 10.0. The minimum atomic E-state index is 0.00747. The summed E-state index contributed by atoms with van der Waals surface area (Å²) >= 11 is 0. The van der Waals surface area contributed by atoms with Gasteiger partial charge in [0.1, 0.15) is 5.75 Å². The summed E-state index contributed by atoms with van der Waals surface area (Å²) in [5, 5.41) is 1.85. The summed E-state index contributed by atoms with van der Waals surface area (Å²) in [7, 11) is 0. The molecule has 0 radical (unpaired) electrons. The highest BCUT2D eigenvalue weighted by molar-refractivity contribution is 5.91. The van der Waals surface area contributed by atoms with Crippen LogP contribution >= 0.6 is 0 Å². The second-order valence-electron chi connectivity index (χ2n) is 8.95. The highest BCUT2D eigenvalue weighted by Gasteiger charge is 2.24. The number of H-pyrrole nitrogens is 1. The molecule has 0 aliphatic carbocycles. The van der Waals surface area contributed by atoms with Gasteiger partial charge in [-0.05, 0) is 68.6 Å². The maximum atomic E-state index is 13.3. The first kappa shape index (κ1) is 19.6. The minimum absolute atomic E-state index is 0.00747. The highest BCUT2D eigenvalue weighted by atomic mass is 16.5. The third kappa shape index (κ3) is 3.39. The number of rotatable bonds is 5. The Hall–Kier alpha value is -3.12. The molecule has 2 aliphatic rings. The smallest absolute Gasteiger partial charge is 0.261 e. The number of fused-ring (bicyclic) bond motifs is 6. The molecule has 6 heteroatoms. The van der Waals surface area contributed by atoms with E-state index < -0.39 is 0 Å². The van der Waals surface area contributed by atoms with E-state index in [1.807, 2.05) is 24.3 Å². The summed E-state index contributed by atoms with van der Waals surface area (Å²) in [6.45, 7) is 4.81. The van der Waals surface area contributed by atoms with Gasteiger partial charge in [0.15, 0.2) is 5.82 Å². The zero-order valence-corrected chi connectivity index (χ0v) is 18.3. The van der Waals surface area contributed by atoms with Crippen LogP contribution in [0.25, 0.3) is 33.3 Å². The monoisotopic (exact) mass is 428 g/mol. The van der Waals surface area contributed by atoms with E-state index in [1.165, 1.54) is 43.3 Å². The van der Waals surface area contributed by atoms with E-state index in [2.05, 4.69) is 28.1 Å². The predicted octanol–water partition coefficient (Wildman–Crippen LogP) is 4.36. The van der Waals surface area contributed by atoms with Gasteiger partial charge in [0, 0.05) is 24.0 Å². The van der Waals surface area contributed by atoms with Crippen LogP contribution in [0.3, 0.4) is 0 Å². The van der Waals surface area contributed by atoms with Crippen LogP contribution in [-0.2, 0) is 13.0 Å². The van der Waals surface area contributed by atoms with Crippen molar-refractivity contribution in [2.45, 2.75) is 38.6 Å². The first-order chi connectivity index (χ1) is 15.8. The van der Waals surface area contributed by atoms with E-state index in [9.17, 15) is 4.79 Å². The number of nitrogens with one attached hydrogen (secondary N) is 1. The Labute approximate surface area is 186 Å². The van der Waals surface area contributed by atoms with Crippen LogP contribution in [0.4, 0.5) is 0 Å². The number of hydrogen-bond acceptors (Lipinski definition) is 4. The van der Waals surface area contributed by atoms with Crippen LogP contribution in [0, 0.1) is 0 Å². The second-order valence-corrected chi connectivity index (χ2v) is 8.95. The van der Waals surface area contributed by atoms with Gasteiger partial charge in [0.25, 0.3) is 5.56 Å². The Balaban J connectivity index is 1.26. The third-order valence-corrected chi connectivity index (χ3v) is 6.88. The molecule has 0 unspecified atom stereocenters. The van der Waals surface area contributed by atoms with E-state index >= 15 is 0 Å². The molecule has 0 saturated carbocycles. The van der Waals surface area contributed by atoms with E-state index in [0.29, 0.717) is 24.1 Å². The summed E-state index contributed by atoms with van der Waals surface area (Å²) in [4.78, 5) is 24.2. The van der Waals surface area contributed by atoms with E-state index in [0.717, 1.165) is 42.2 Å². The summed E-state index contributed by atoms with van der Waals surface area (Å²) in [5.74, 6) is 1.48. The molecule has 2 aliphatic heterocycles.